The minimum absolute atomic E-state index is 0.0794. The van der Waals surface area contributed by atoms with Crippen LogP contribution in [0.15, 0.2) is 54.6 Å². The second-order valence-electron chi connectivity index (χ2n) is 5.93. The van der Waals surface area contributed by atoms with Crippen LogP contribution in [-0.2, 0) is 17.8 Å². The van der Waals surface area contributed by atoms with E-state index in [0.717, 1.165) is 18.4 Å². The Morgan fingerprint density at radius 3 is 2.68 bits per heavy atom. The summed E-state index contributed by atoms with van der Waals surface area (Å²) in [5.74, 6) is 0.0794. The lowest BCUT2D eigenvalue weighted by Gasteiger charge is -2.24. The fourth-order valence-corrected chi connectivity index (χ4v) is 3.18. The van der Waals surface area contributed by atoms with Gasteiger partial charge in [0.25, 0.3) is 0 Å². The molecule has 0 aliphatic heterocycles. The number of fused-ring (bicyclic) bond motifs is 1. The van der Waals surface area contributed by atoms with E-state index >= 15 is 0 Å². The van der Waals surface area contributed by atoms with Crippen molar-refractivity contribution in [2.45, 2.75) is 25.4 Å². The van der Waals surface area contributed by atoms with Gasteiger partial charge in [-0.1, -0.05) is 54.6 Å². The summed E-state index contributed by atoms with van der Waals surface area (Å²) >= 11 is 0. The summed E-state index contributed by atoms with van der Waals surface area (Å²) in [5.41, 5.74) is 3.93. The normalized spacial score (nSPS) is 16.5. The first-order valence-corrected chi connectivity index (χ1v) is 7.82. The zero-order valence-corrected chi connectivity index (χ0v) is 13.0. The molecule has 1 amide bonds. The quantitative estimate of drug-likeness (QED) is 0.919. The van der Waals surface area contributed by atoms with Gasteiger partial charge in [-0.15, -0.1) is 0 Å². The maximum atomic E-state index is 12.1. The van der Waals surface area contributed by atoms with Gasteiger partial charge >= 0.3 is 0 Å². The zero-order chi connectivity index (χ0) is 15.4. The average Bonchev–Trinajstić information content (AvgIpc) is 2.98. The molecule has 0 aromatic heterocycles. The minimum Gasteiger partial charge on any atom is -0.351 e. The van der Waals surface area contributed by atoms with Crippen molar-refractivity contribution in [2.75, 3.05) is 13.6 Å². The van der Waals surface area contributed by atoms with Crippen LogP contribution in [0.5, 0.6) is 0 Å². The maximum Gasteiger partial charge on any atom is 0.234 e. The number of amides is 1. The number of hydrogen-bond acceptors (Lipinski definition) is 2. The molecule has 0 saturated heterocycles. The monoisotopic (exact) mass is 294 g/mol. The van der Waals surface area contributed by atoms with E-state index in [4.69, 9.17) is 0 Å². The molecule has 0 heterocycles. The first kappa shape index (κ1) is 14.8. The third-order valence-corrected chi connectivity index (χ3v) is 4.36. The van der Waals surface area contributed by atoms with Gasteiger partial charge < -0.3 is 5.32 Å². The largest absolute Gasteiger partial charge is 0.351 e. The highest BCUT2D eigenvalue weighted by Crippen LogP contribution is 2.34. The number of nitrogens with zero attached hydrogens (tertiary/aromatic N) is 1. The third kappa shape index (κ3) is 3.37. The zero-order valence-electron chi connectivity index (χ0n) is 13.0. The summed E-state index contributed by atoms with van der Waals surface area (Å²) < 4.78 is 0. The van der Waals surface area contributed by atoms with Gasteiger partial charge in [0.15, 0.2) is 0 Å². The van der Waals surface area contributed by atoms with Gasteiger partial charge in [0.05, 0.1) is 6.54 Å². The van der Waals surface area contributed by atoms with Crippen LogP contribution in [0, 0.1) is 0 Å². The SMILES string of the molecule is CN(CC(=O)NCc1ccccc1)C1CCc2ccccc21. The molecule has 0 bridgehead atoms. The van der Waals surface area contributed by atoms with Gasteiger partial charge in [0.1, 0.15) is 0 Å². The van der Waals surface area contributed by atoms with E-state index in [1.807, 2.05) is 37.4 Å². The molecule has 0 fully saturated rings. The summed E-state index contributed by atoms with van der Waals surface area (Å²) in [6.07, 6.45) is 2.21. The molecular formula is C19H22N2O. The Labute approximate surface area is 132 Å². The average molecular weight is 294 g/mol. The molecule has 22 heavy (non-hydrogen) atoms. The molecule has 0 spiro atoms. The molecule has 1 atom stereocenters. The number of carbonyl (C=O) groups is 1. The molecule has 3 rings (SSSR count). The van der Waals surface area contributed by atoms with E-state index in [-0.39, 0.29) is 5.91 Å². The van der Waals surface area contributed by atoms with Crippen molar-refractivity contribution in [3.63, 3.8) is 0 Å². The second-order valence-corrected chi connectivity index (χ2v) is 5.93. The molecule has 114 valence electrons. The van der Waals surface area contributed by atoms with E-state index in [1.54, 1.807) is 0 Å². The van der Waals surface area contributed by atoms with Crippen LogP contribution in [0.25, 0.3) is 0 Å². The molecule has 1 aliphatic rings. The van der Waals surface area contributed by atoms with Crippen molar-refractivity contribution in [3.05, 3.63) is 71.3 Å². The summed E-state index contributed by atoms with van der Waals surface area (Å²) in [7, 11) is 2.04. The van der Waals surface area contributed by atoms with Gasteiger partial charge in [-0.3, -0.25) is 9.69 Å². The van der Waals surface area contributed by atoms with Crippen molar-refractivity contribution in [3.8, 4) is 0 Å². The maximum absolute atomic E-state index is 12.1. The topological polar surface area (TPSA) is 32.3 Å². The summed E-state index contributed by atoms with van der Waals surface area (Å²) in [6, 6.07) is 18.9. The number of rotatable bonds is 5. The van der Waals surface area contributed by atoms with Crippen molar-refractivity contribution < 1.29 is 4.79 Å². The Morgan fingerprint density at radius 1 is 1.14 bits per heavy atom. The lowest BCUT2D eigenvalue weighted by molar-refractivity contribution is -0.122. The third-order valence-electron chi connectivity index (χ3n) is 4.36. The number of nitrogens with one attached hydrogen (secondary N) is 1. The van der Waals surface area contributed by atoms with Crippen LogP contribution in [0.3, 0.4) is 0 Å². The first-order valence-electron chi connectivity index (χ1n) is 7.82. The fraction of sp³-hybridized carbons (Fsp3) is 0.316. The van der Waals surface area contributed by atoms with Crippen molar-refractivity contribution >= 4 is 5.91 Å². The number of carbonyl (C=O) groups excluding carboxylic acids is 1. The van der Waals surface area contributed by atoms with E-state index in [0.29, 0.717) is 19.1 Å². The van der Waals surface area contributed by atoms with Crippen LogP contribution in [0.4, 0.5) is 0 Å². The minimum atomic E-state index is 0.0794. The van der Waals surface area contributed by atoms with Gasteiger partial charge in [-0.25, -0.2) is 0 Å². The first-order chi connectivity index (χ1) is 10.7. The van der Waals surface area contributed by atoms with Crippen molar-refractivity contribution in [1.82, 2.24) is 10.2 Å². The predicted molar refractivity (Wildman–Crippen MR) is 88.4 cm³/mol. The van der Waals surface area contributed by atoms with Crippen molar-refractivity contribution in [2.24, 2.45) is 0 Å². The summed E-state index contributed by atoms with van der Waals surface area (Å²) in [6.45, 7) is 1.03. The Hall–Kier alpha value is -2.13. The number of aryl methyl sites for hydroxylation is 1. The van der Waals surface area contributed by atoms with Crippen molar-refractivity contribution in [1.29, 1.82) is 0 Å². The van der Waals surface area contributed by atoms with Crippen LogP contribution >= 0.6 is 0 Å². The predicted octanol–water partition coefficient (Wildman–Crippen LogP) is 2.92. The van der Waals surface area contributed by atoms with Crippen LogP contribution < -0.4 is 5.32 Å². The molecular weight excluding hydrogens is 272 g/mol. The Morgan fingerprint density at radius 2 is 1.86 bits per heavy atom. The molecule has 3 nitrogen and oxygen atoms in total. The van der Waals surface area contributed by atoms with E-state index in [1.165, 1.54) is 11.1 Å². The highest BCUT2D eigenvalue weighted by Gasteiger charge is 2.26. The van der Waals surface area contributed by atoms with Crippen LogP contribution in [-0.4, -0.2) is 24.4 Å². The highest BCUT2D eigenvalue weighted by atomic mass is 16.2. The standard InChI is InChI=1S/C19H22N2O/c1-21(18-12-11-16-9-5-6-10-17(16)18)14-19(22)20-13-15-7-3-2-4-8-15/h2-10,18H,11-14H2,1H3,(H,20,22). The molecule has 3 heteroatoms. The van der Waals surface area contributed by atoms with E-state index < -0.39 is 0 Å². The van der Waals surface area contributed by atoms with Gasteiger partial charge in [-0.05, 0) is 36.6 Å². The number of benzene rings is 2. The highest BCUT2D eigenvalue weighted by molar-refractivity contribution is 5.78. The molecule has 1 N–H and O–H groups in total. The molecule has 2 aromatic rings. The number of hydrogen-bond donors (Lipinski definition) is 1. The smallest absolute Gasteiger partial charge is 0.234 e. The molecule has 1 unspecified atom stereocenters. The Balaban J connectivity index is 1.54. The van der Waals surface area contributed by atoms with Gasteiger partial charge in [0.2, 0.25) is 5.91 Å². The van der Waals surface area contributed by atoms with Gasteiger partial charge in [0, 0.05) is 12.6 Å². The molecule has 0 saturated carbocycles. The number of likely N-dealkylation sites (N-methyl/N-ethyl adjacent to an activating group) is 1. The van der Waals surface area contributed by atoms with E-state index in [2.05, 4.69) is 34.5 Å². The summed E-state index contributed by atoms with van der Waals surface area (Å²) in [4.78, 5) is 14.3. The van der Waals surface area contributed by atoms with Gasteiger partial charge in [-0.2, -0.15) is 0 Å². The van der Waals surface area contributed by atoms with Crippen LogP contribution in [0.1, 0.15) is 29.2 Å². The van der Waals surface area contributed by atoms with Crippen LogP contribution in [0.2, 0.25) is 0 Å². The Bertz CT molecular complexity index is 639. The molecule has 0 radical (unpaired) electrons. The Kier molecular flexibility index (Phi) is 4.54. The lowest BCUT2D eigenvalue weighted by atomic mass is 10.1. The second kappa shape index (κ2) is 6.75. The van der Waals surface area contributed by atoms with E-state index in [9.17, 15) is 4.79 Å². The summed E-state index contributed by atoms with van der Waals surface area (Å²) in [5, 5.41) is 3.00. The molecule has 1 aliphatic carbocycles. The molecule has 2 aromatic carbocycles. The fourth-order valence-electron chi connectivity index (χ4n) is 3.18. The lowest BCUT2D eigenvalue weighted by Crippen LogP contribution is -2.36.